The first-order valence-electron chi connectivity index (χ1n) is 7.92. The molecular formula is C16H24N2O4S. The van der Waals surface area contributed by atoms with Crippen LogP contribution in [0.25, 0.3) is 0 Å². The molecule has 0 bridgehead atoms. The number of benzene rings is 1. The minimum atomic E-state index is -3.50. The smallest absolute Gasteiger partial charge is 0.320 e. The molecule has 1 atom stereocenters. The minimum absolute atomic E-state index is 0.303. The average Bonchev–Trinajstić information content (AvgIpc) is 2.55. The Hall–Kier alpha value is -1.44. The molecule has 1 unspecified atom stereocenters. The van der Waals surface area contributed by atoms with Crippen LogP contribution in [-0.4, -0.2) is 60.9 Å². The number of aryl methyl sites for hydroxylation is 1. The van der Waals surface area contributed by atoms with Crippen molar-refractivity contribution in [2.45, 2.75) is 37.6 Å². The van der Waals surface area contributed by atoms with Gasteiger partial charge in [0.2, 0.25) is 10.0 Å². The van der Waals surface area contributed by atoms with Crippen molar-refractivity contribution in [1.82, 2.24) is 9.21 Å². The van der Waals surface area contributed by atoms with Crippen molar-refractivity contribution in [2.75, 3.05) is 26.2 Å². The number of aliphatic carboxylic acids is 1. The van der Waals surface area contributed by atoms with Gasteiger partial charge in [0, 0.05) is 26.2 Å². The van der Waals surface area contributed by atoms with E-state index < -0.39 is 22.0 Å². The zero-order valence-electron chi connectivity index (χ0n) is 13.6. The summed E-state index contributed by atoms with van der Waals surface area (Å²) in [6, 6.07) is 6.45. The van der Waals surface area contributed by atoms with E-state index >= 15 is 0 Å². The lowest BCUT2D eigenvalue weighted by molar-refractivity contribution is -0.143. The maximum absolute atomic E-state index is 12.7. The van der Waals surface area contributed by atoms with Gasteiger partial charge < -0.3 is 5.11 Å². The molecule has 0 spiro atoms. The van der Waals surface area contributed by atoms with E-state index in [4.69, 9.17) is 5.11 Å². The predicted octanol–water partition coefficient (Wildman–Crippen LogP) is 1.42. The molecule has 2 rings (SSSR count). The fourth-order valence-electron chi connectivity index (χ4n) is 2.75. The van der Waals surface area contributed by atoms with E-state index in [2.05, 4.69) is 6.92 Å². The maximum Gasteiger partial charge on any atom is 0.320 e. The van der Waals surface area contributed by atoms with Crippen molar-refractivity contribution in [3.05, 3.63) is 29.8 Å². The molecule has 0 saturated carbocycles. The third-order valence-corrected chi connectivity index (χ3v) is 6.19. The number of nitrogens with zero attached hydrogens (tertiary/aromatic N) is 2. The predicted molar refractivity (Wildman–Crippen MR) is 87.9 cm³/mol. The quantitative estimate of drug-likeness (QED) is 0.847. The molecule has 1 N–H and O–H groups in total. The van der Waals surface area contributed by atoms with Crippen LogP contribution in [0.4, 0.5) is 0 Å². The summed E-state index contributed by atoms with van der Waals surface area (Å²) < 4.78 is 26.8. The molecule has 128 valence electrons. The van der Waals surface area contributed by atoms with Crippen LogP contribution in [0, 0.1) is 0 Å². The fraction of sp³-hybridized carbons (Fsp3) is 0.562. The Labute approximate surface area is 137 Å². The number of hydrogen-bond acceptors (Lipinski definition) is 4. The Kier molecular flexibility index (Phi) is 5.78. The summed E-state index contributed by atoms with van der Waals surface area (Å²) in [5.74, 6) is -0.882. The van der Waals surface area contributed by atoms with E-state index in [-0.39, 0.29) is 0 Å². The van der Waals surface area contributed by atoms with E-state index in [1.165, 1.54) is 4.31 Å². The number of carboxylic acid groups (broad SMARTS) is 1. The van der Waals surface area contributed by atoms with Crippen LogP contribution >= 0.6 is 0 Å². The van der Waals surface area contributed by atoms with Gasteiger partial charge in [0.05, 0.1) is 4.90 Å². The lowest BCUT2D eigenvalue weighted by atomic mass is 10.1. The van der Waals surface area contributed by atoms with Crippen molar-refractivity contribution in [2.24, 2.45) is 0 Å². The van der Waals surface area contributed by atoms with Gasteiger partial charge in [-0.3, -0.25) is 9.69 Å². The van der Waals surface area contributed by atoms with Gasteiger partial charge in [0.15, 0.2) is 0 Å². The number of hydrogen-bond donors (Lipinski definition) is 1. The van der Waals surface area contributed by atoms with E-state index in [0.29, 0.717) is 31.1 Å². The van der Waals surface area contributed by atoms with Gasteiger partial charge in [0.1, 0.15) is 6.04 Å². The SMILES string of the molecule is CCCc1ccc(S(=O)(=O)N2CCN(C(C)C(=O)O)CC2)cc1. The standard InChI is InChI=1S/C16H24N2O4S/c1-3-4-14-5-7-15(8-6-14)23(21,22)18-11-9-17(10-12-18)13(2)16(19)20/h5-8,13H,3-4,9-12H2,1-2H3,(H,19,20). The van der Waals surface area contributed by atoms with Crippen molar-refractivity contribution < 1.29 is 18.3 Å². The summed E-state index contributed by atoms with van der Waals surface area (Å²) in [6.07, 6.45) is 1.96. The van der Waals surface area contributed by atoms with Crippen LogP contribution < -0.4 is 0 Å². The topological polar surface area (TPSA) is 77.9 Å². The first kappa shape index (κ1) is 17.9. The first-order chi connectivity index (χ1) is 10.9. The molecule has 1 aromatic rings. The van der Waals surface area contributed by atoms with Gasteiger partial charge >= 0.3 is 5.97 Å². The molecular weight excluding hydrogens is 316 g/mol. The lowest BCUT2D eigenvalue weighted by Gasteiger charge is -2.35. The Balaban J connectivity index is 2.05. The third-order valence-electron chi connectivity index (χ3n) is 4.28. The summed E-state index contributed by atoms with van der Waals surface area (Å²) in [4.78, 5) is 13.1. The molecule has 23 heavy (non-hydrogen) atoms. The lowest BCUT2D eigenvalue weighted by Crippen LogP contribution is -2.53. The summed E-state index contributed by atoms with van der Waals surface area (Å²) in [7, 11) is -3.50. The fourth-order valence-corrected chi connectivity index (χ4v) is 4.18. The van der Waals surface area contributed by atoms with Crippen molar-refractivity contribution in [1.29, 1.82) is 0 Å². The molecule has 0 aliphatic carbocycles. The van der Waals surface area contributed by atoms with Crippen LogP contribution in [0.3, 0.4) is 0 Å². The first-order valence-corrected chi connectivity index (χ1v) is 9.36. The largest absolute Gasteiger partial charge is 0.480 e. The summed E-state index contributed by atoms with van der Waals surface area (Å²) in [6.45, 7) is 5.20. The number of sulfonamides is 1. The molecule has 1 aliphatic rings. The van der Waals surface area contributed by atoms with E-state index in [9.17, 15) is 13.2 Å². The van der Waals surface area contributed by atoms with Crippen LogP contribution in [0.15, 0.2) is 29.2 Å². The number of carboxylic acids is 1. The highest BCUT2D eigenvalue weighted by Crippen LogP contribution is 2.19. The molecule has 0 aromatic heterocycles. The van der Waals surface area contributed by atoms with Crippen molar-refractivity contribution >= 4 is 16.0 Å². The van der Waals surface area contributed by atoms with E-state index in [1.54, 1.807) is 24.0 Å². The van der Waals surface area contributed by atoms with Gasteiger partial charge in [-0.25, -0.2) is 8.42 Å². The molecule has 1 heterocycles. The molecule has 7 heteroatoms. The Bertz CT molecular complexity index is 635. The van der Waals surface area contributed by atoms with Gasteiger partial charge in [-0.15, -0.1) is 0 Å². The van der Waals surface area contributed by atoms with Crippen LogP contribution in [0.1, 0.15) is 25.8 Å². The number of rotatable bonds is 6. The second kappa shape index (κ2) is 7.42. The zero-order valence-corrected chi connectivity index (χ0v) is 14.4. The minimum Gasteiger partial charge on any atom is -0.480 e. The zero-order chi connectivity index (χ0) is 17.0. The van der Waals surface area contributed by atoms with Crippen LogP contribution in [0.2, 0.25) is 0 Å². The van der Waals surface area contributed by atoms with E-state index in [1.807, 2.05) is 12.1 Å². The number of piperazine rings is 1. The Morgan fingerprint density at radius 3 is 2.22 bits per heavy atom. The summed E-state index contributed by atoms with van der Waals surface area (Å²) in [5.41, 5.74) is 1.13. The molecule has 0 radical (unpaired) electrons. The molecule has 0 amide bonds. The highest BCUT2D eigenvalue weighted by Gasteiger charge is 2.31. The average molecular weight is 340 g/mol. The molecule has 1 fully saturated rings. The molecule has 1 saturated heterocycles. The van der Waals surface area contributed by atoms with Gasteiger partial charge in [-0.1, -0.05) is 25.5 Å². The molecule has 1 aromatic carbocycles. The van der Waals surface area contributed by atoms with Crippen LogP contribution in [-0.2, 0) is 21.2 Å². The Morgan fingerprint density at radius 1 is 1.17 bits per heavy atom. The normalized spacial score (nSPS) is 18.7. The van der Waals surface area contributed by atoms with Gasteiger partial charge in [0.25, 0.3) is 0 Å². The molecule has 6 nitrogen and oxygen atoms in total. The van der Waals surface area contributed by atoms with E-state index in [0.717, 1.165) is 18.4 Å². The van der Waals surface area contributed by atoms with Gasteiger partial charge in [-0.2, -0.15) is 4.31 Å². The van der Waals surface area contributed by atoms with Crippen molar-refractivity contribution in [3.8, 4) is 0 Å². The van der Waals surface area contributed by atoms with Gasteiger partial charge in [-0.05, 0) is 31.0 Å². The third kappa shape index (κ3) is 4.10. The highest BCUT2D eigenvalue weighted by molar-refractivity contribution is 7.89. The second-order valence-corrected chi connectivity index (χ2v) is 7.79. The Morgan fingerprint density at radius 2 is 1.74 bits per heavy atom. The summed E-state index contributed by atoms with van der Waals surface area (Å²) >= 11 is 0. The highest BCUT2D eigenvalue weighted by atomic mass is 32.2. The maximum atomic E-state index is 12.7. The molecule has 1 aliphatic heterocycles. The summed E-state index contributed by atoms with van der Waals surface area (Å²) in [5, 5.41) is 9.03. The number of carbonyl (C=O) groups is 1. The van der Waals surface area contributed by atoms with Crippen LogP contribution in [0.5, 0.6) is 0 Å². The second-order valence-electron chi connectivity index (χ2n) is 5.85. The van der Waals surface area contributed by atoms with Crippen molar-refractivity contribution in [3.63, 3.8) is 0 Å². The monoisotopic (exact) mass is 340 g/mol.